The van der Waals surface area contributed by atoms with Gasteiger partial charge in [0.15, 0.2) is 0 Å². The molecule has 1 aromatic rings. The average molecular weight is 349 g/mol. The van der Waals surface area contributed by atoms with Crippen LogP contribution in [0.15, 0.2) is 22.7 Å². The van der Waals surface area contributed by atoms with Gasteiger partial charge in [-0.1, -0.05) is 17.7 Å². The van der Waals surface area contributed by atoms with E-state index in [1.165, 1.54) is 4.90 Å². The normalized spacial score (nSPS) is 16.6. The quantitative estimate of drug-likeness (QED) is 0.905. The summed E-state index contributed by atoms with van der Waals surface area (Å²) < 4.78 is 6.67. The van der Waals surface area contributed by atoms with Crippen LogP contribution in [0.4, 0.5) is 4.79 Å². The number of hydrogen-bond acceptors (Lipinski definition) is 2. The second kappa shape index (κ2) is 6.59. The van der Waals surface area contributed by atoms with Crippen molar-refractivity contribution < 1.29 is 14.6 Å². The van der Waals surface area contributed by atoms with E-state index < -0.39 is 6.09 Å². The molecule has 19 heavy (non-hydrogen) atoms. The molecule has 1 heterocycles. The van der Waals surface area contributed by atoms with Gasteiger partial charge < -0.3 is 14.7 Å². The van der Waals surface area contributed by atoms with Crippen LogP contribution < -0.4 is 0 Å². The molecule has 1 amide bonds. The Bertz CT molecular complexity index is 461. The maximum atomic E-state index is 10.8. The Balaban J connectivity index is 1.80. The Morgan fingerprint density at radius 1 is 1.47 bits per heavy atom. The van der Waals surface area contributed by atoms with E-state index in [1.54, 1.807) is 0 Å². The molecule has 1 N–H and O–H groups in total. The zero-order valence-corrected chi connectivity index (χ0v) is 12.7. The highest BCUT2D eigenvalue weighted by Crippen LogP contribution is 2.24. The molecular weight excluding hydrogens is 334 g/mol. The summed E-state index contributed by atoms with van der Waals surface area (Å²) in [5, 5.41) is 9.52. The van der Waals surface area contributed by atoms with Crippen LogP contribution in [0.2, 0.25) is 5.02 Å². The van der Waals surface area contributed by atoms with E-state index in [0.29, 0.717) is 24.7 Å². The van der Waals surface area contributed by atoms with Crippen LogP contribution in [-0.2, 0) is 11.3 Å². The Labute approximate surface area is 125 Å². The zero-order chi connectivity index (χ0) is 13.8. The smallest absolute Gasteiger partial charge is 0.407 e. The first-order valence-corrected chi connectivity index (χ1v) is 7.27. The third-order valence-corrected chi connectivity index (χ3v) is 4.41. The second-order valence-electron chi connectivity index (χ2n) is 4.53. The number of likely N-dealkylation sites (tertiary alicyclic amines) is 1. The van der Waals surface area contributed by atoms with Crippen molar-refractivity contribution in [1.29, 1.82) is 0 Å². The standard InChI is InChI=1S/C13H15BrClNO3/c14-11-2-1-9(7-12(11)15)8-19-10-3-5-16(6-4-10)13(17)18/h1-2,7,10H,3-6,8H2,(H,17,18). The summed E-state index contributed by atoms with van der Waals surface area (Å²) in [4.78, 5) is 12.2. The molecule has 0 aromatic heterocycles. The van der Waals surface area contributed by atoms with E-state index in [4.69, 9.17) is 21.4 Å². The van der Waals surface area contributed by atoms with E-state index in [-0.39, 0.29) is 6.10 Å². The Morgan fingerprint density at radius 2 is 2.16 bits per heavy atom. The number of amides is 1. The van der Waals surface area contributed by atoms with Crippen molar-refractivity contribution in [3.05, 3.63) is 33.3 Å². The lowest BCUT2D eigenvalue weighted by atomic mass is 10.1. The minimum absolute atomic E-state index is 0.123. The van der Waals surface area contributed by atoms with Gasteiger partial charge in [0, 0.05) is 17.6 Å². The van der Waals surface area contributed by atoms with Crippen molar-refractivity contribution in [1.82, 2.24) is 4.90 Å². The fraction of sp³-hybridized carbons (Fsp3) is 0.462. The van der Waals surface area contributed by atoms with Gasteiger partial charge in [0.05, 0.1) is 17.7 Å². The van der Waals surface area contributed by atoms with Crippen molar-refractivity contribution in [2.75, 3.05) is 13.1 Å². The molecule has 4 nitrogen and oxygen atoms in total. The lowest BCUT2D eigenvalue weighted by Gasteiger charge is -2.29. The van der Waals surface area contributed by atoms with Gasteiger partial charge >= 0.3 is 6.09 Å². The number of halogens is 2. The van der Waals surface area contributed by atoms with E-state index in [0.717, 1.165) is 22.9 Å². The molecule has 1 fully saturated rings. The van der Waals surface area contributed by atoms with Crippen molar-refractivity contribution in [2.45, 2.75) is 25.6 Å². The number of hydrogen-bond donors (Lipinski definition) is 1. The number of piperidine rings is 1. The van der Waals surface area contributed by atoms with Gasteiger partial charge in [-0.3, -0.25) is 0 Å². The summed E-state index contributed by atoms with van der Waals surface area (Å²) in [5.74, 6) is 0. The highest BCUT2D eigenvalue weighted by atomic mass is 79.9. The van der Waals surface area contributed by atoms with Gasteiger partial charge in [-0.25, -0.2) is 4.79 Å². The maximum absolute atomic E-state index is 10.8. The summed E-state index contributed by atoms with van der Waals surface area (Å²) in [7, 11) is 0. The maximum Gasteiger partial charge on any atom is 0.407 e. The van der Waals surface area contributed by atoms with E-state index in [2.05, 4.69) is 15.9 Å². The van der Waals surface area contributed by atoms with Crippen LogP contribution in [0.3, 0.4) is 0 Å². The number of carboxylic acid groups (broad SMARTS) is 1. The van der Waals surface area contributed by atoms with Crippen molar-refractivity contribution in [2.24, 2.45) is 0 Å². The monoisotopic (exact) mass is 347 g/mol. The van der Waals surface area contributed by atoms with Gasteiger partial charge in [-0.05, 0) is 46.5 Å². The molecule has 1 aromatic carbocycles. The van der Waals surface area contributed by atoms with Crippen molar-refractivity contribution >= 4 is 33.6 Å². The number of ether oxygens (including phenoxy) is 1. The summed E-state index contributed by atoms with van der Waals surface area (Å²) in [6.07, 6.45) is 0.767. The lowest BCUT2D eigenvalue weighted by molar-refractivity contribution is 0.000368. The molecule has 6 heteroatoms. The highest BCUT2D eigenvalue weighted by molar-refractivity contribution is 9.10. The van der Waals surface area contributed by atoms with Crippen molar-refractivity contribution in [3.63, 3.8) is 0 Å². The summed E-state index contributed by atoms with van der Waals surface area (Å²) >= 11 is 9.36. The molecule has 2 rings (SSSR count). The fourth-order valence-electron chi connectivity index (χ4n) is 2.06. The largest absolute Gasteiger partial charge is 0.465 e. The first kappa shape index (κ1) is 14.6. The molecule has 0 saturated carbocycles. The third-order valence-electron chi connectivity index (χ3n) is 3.18. The molecule has 0 atom stereocenters. The summed E-state index contributed by atoms with van der Waals surface area (Å²) in [6.45, 7) is 1.59. The molecule has 104 valence electrons. The summed E-state index contributed by atoms with van der Waals surface area (Å²) in [5.41, 5.74) is 1.02. The molecular formula is C13H15BrClNO3. The van der Waals surface area contributed by atoms with Crippen LogP contribution in [0, 0.1) is 0 Å². The van der Waals surface area contributed by atoms with Crippen molar-refractivity contribution in [3.8, 4) is 0 Å². The number of benzene rings is 1. The molecule has 1 aliphatic heterocycles. The SMILES string of the molecule is O=C(O)N1CCC(OCc2ccc(Br)c(Cl)c2)CC1. The number of carbonyl (C=O) groups is 1. The van der Waals surface area contributed by atoms with Gasteiger partial charge in [0.25, 0.3) is 0 Å². The van der Waals surface area contributed by atoms with Gasteiger partial charge in [-0.15, -0.1) is 0 Å². The van der Waals surface area contributed by atoms with E-state index in [1.807, 2.05) is 18.2 Å². The van der Waals surface area contributed by atoms with Crippen LogP contribution in [0.25, 0.3) is 0 Å². The zero-order valence-electron chi connectivity index (χ0n) is 10.3. The molecule has 1 saturated heterocycles. The fourth-order valence-corrected chi connectivity index (χ4v) is 2.51. The van der Waals surface area contributed by atoms with Crippen LogP contribution in [0.5, 0.6) is 0 Å². The van der Waals surface area contributed by atoms with Gasteiger partial charge in [0.1, 0.15) is 0 Å². The van der Waals surface area contributed by atoms with Gasteiger partial charge in [-0.2, -0.15) is 0 Å². The topological polar surface area (TPSA) is 49.8 Å². The minimum Gasteiger partial charge on any atom is -0.465 e. The Kier molecular flexibility index (Phi) is 5.07. The third kappa shape index (κ3) is 4.09. The highest BCUT2D eigenvalue weighted by Gasteiger charge is 2.22. The van der Waals surface area contributed by atoms with Crippen LogP contribution in [-0.4, -0.2) is 35.3 Å². The number of nitrogens with zero attached hydrogens (tertiary/aromatic N) is 1. The predicted octanol–water partition coefficient (Wildman–Crippen LogP) is 3.76. The lowest BCUT2D eigenvalue weighted by Crippen LogP contribution is -2.40. The summed E-state index contributed by atoms with van der Waals surface area (Å²) in [6, 6.07) is 5.73. The predicted molar refractivity (Wildman–Crippen MR) is 76.6 cm³/mol. The first-order chi connectivity index (χ1) is 9.06. The average Bonchev–Trinajstić information content (AvgIpc) is 2.40. The van der Waals surface area contributed by atoms with Gasteiger partial charge in [0.2, 0.25) is 0 Å². The second-order valence-corrected chi connectivity index (χ2v) is 5.79. The molecule has 1 aliphatic rings. The van der Waals surface area contributed by atoms with Crippen LogP contribution in [0.1, 0.15) is 18.4 Å². The molecule has 0 spiro atoms. The number of rotatable bonds is 3. The minimum atomic E-state index is -0.849. The van der Waals surface area contributed by atoms with E-state index >= 15 is 0 Å². The van der Waals surface area contributed by atoms with Crippen LogP contribution >= 0.6 is 27.5 Å². The molecule has 0 radical (unpaired) electrons. The Hall–Kier alpha value is -0.780. The first-order valence-electron chi connectivity index (χ1n) is 6.09. The molecule has 0 bridgehead atoms. The molecule has 0 unspecified atom stereocenters. The Morgan fingerprint density at radius 3 is 2.74 bits per heavy atom. The molecule has 0 aliphatic carbocycles. The van der Waals surface area contributed by atoms with E-state index in [9.17, 15) is 4.79 Å².